The summed E-state index contributed by atoms with van der Waals surface area (Å²) in [6.45, 7) is 0. The molecular formula is C26H26N4O2. The third-order valence-corrected chi connectivity index (χ3v) is 6.30. The number of imidazole rings is 1. The lowest BCUT2D eigenvalue weighted by atomic mass is 9.85. The molecule has 162 valence electrons. The van der Waals surface area contributed by atoms with Crippen molar-refractivity contribution in [2.45, 2.75) is 38.5 Å². The number of aromatic amines is 1. The molecule has 0 saturated heterocycles. The molecule has 3 heterocycles. The number of nitrogens with one attached hydrogen (secondary N) is 2. The maximum absolute atomic E-state index is 12.7. The van der Waals surface area contributed by atoms with Gasteiger partial charge in [-0.3, -0.25) is 14.0 Å². The number of hydrogen-bond donors (Lipinski definition) is 2. The van der Waals surface area contributed by atoms with Crippen molar-refractivity contribution in [3.63, 3.8) is 0 Å². The van der Waals surface area contributed by atoms with Gasteiger partial charge in [0.05, 0.1) is 11.4 Å². The highest BCUT2D eigenvalue weighted by atomic mass is 16.1. The van der Waals surface area contributed by atoms with Gasteiger partial charge in [0.1, 0.15) is 0 Å². The quantitative estimate of drug-likeness (QED) is 0.394. The fraction of sp³-hybridized carbons (Fsp3) is 0.269. The van der Waals surface area contributed by atoms with Crippen LogP contribution in [0.2, 0.25) is 0 Å². The van der Waals surface area contributed by atoms with E-state index in [4.69, 9.17) is 0 Å². The van der Waals surface area contributed by atoms with Gasteiger partial charge in [0.2, 0.25) is 5.56 Å². The molecule has 5 rings (SSSR count). The first-order valence-corrected chi connectivity index (χ1v) is 11.2. The molecule has 3 aromatic heterocycles. The Bertz CT molecular complexity index is 1300. The van der Waals surface area contributed by atoms with Gasteiger partial charge in [-0.1, -0.05) is 32.1 Å². The maximum atomic E-state index is 12.7. The van der Waals surface area contributed by atoms with Gasteiger partial charge < -0.3 is 10.3 Å². The summed E-state index contributed by atoms with van der Waals surface area (Å²) in [7, 11) is 0. The summed E-state index contributed by atoms with van der Waals surface area (Å²) in [4.78, 5) is 31.5. The highest BCUT2D eigenvalue weighted by Crippen LogP contribution is 2.29. The van der Waals surface area contributed by atoms with Gasteiger partial charge >= 0.3 is 0 Å². The van der Waals surface area contributed by atoms with E-state index in [2.05, 4.69) is 15.3 Å². The maximum Gasteiger partial charge on any atom is 0.248 e. The van der Waals surface area contributed by atoms with Gasteiger partial charge in [-0.15, -0.1) is 0 Å². The number of fused-ring (bicyclic) bond motifs is 1. The van der Waals surface area contributed by atoms with E-state index in [1.165, 1.54) is 32.1 Å². The van der Waals surface area contributed by atoms with E-state index < -0.39 is 0 Å². The van der Waals surface area contributed by atoms with E-state index in [1.807, 2.05) is 53.1 Å². The minimum atomic E-state index is -0.143. The van der Waals surface area contributed by atoms with Crippen LogP contribution in [0.1, 0.15) is 48.9 Å². The first-order valence-electron chi connectivity index (χ1n) is 11.2. The van der Waals surface area contributed by atoms with Gasteiger partial charge in [0, 0.05) is 47.9 Å². The lowest BCUT2D eigenvalue weighted by Crippen LogP contribution is -2.12. The third-order valence-electron chi connectivity index (χ3n) is 6.30. The number of Topliss-reactive ketones (excluding diaryl/α,β-unsaturated/α-hetero) is 1. The summed E-state index contributed by atoms with van der Waals surface area (Å²) in [5.41, 5.74) is 4.85. The normalized spacial score (nSPS) is 14.5. The van der Waals surface area contributed by atoms with Crippen LogP contribution < -0.4 is 10.9 Å². The highest BCUT2D eigenvalue weighted by Gasteiger charge is 2.18. The number of hydrogen-bond acceptors (Lipinski definition) is 4. The van der Waals surface area contributed by atoms with Gasteiger partial charge in [-0.2, -0.15) is 0 Å². The lowest BCUT2D eigenvalue weighted by molar-refractivity contribution is 0.0950. The highest BCUT2D eigenvalue weighted by molar-refractivity contribution is 5.96. The predicted molar refractivity (Wildman–Crippen MR) is 126 cm³/mol. The summed E-state index contributed by atoms with van der Waals surface area (Å²) >= 11 is 0. The Kier molecular flexibility index (Phi) is 5.58. The molecule has 0 atom stereocenters. The van der Waals surface area contributed by atoms with E-state index in [9.17, 15) is 9.59 Å². The van der Waals surface area contributed by atoms with E-state index >= 15 is 0 Å². The second-order valence-electron chi connectivity index (χ2n) is 8.53. The van der Waals surface area contributed by atoms with E-state index in [-0.39, 0.29) is 11.3 Å². The van der Waals surface area contributed by atoms with Gasteiger partial charge in [0.15, 0.2) is 11.4 Å². The molecule has 1 saturated carbocycles. The monoisotopic (exact) mass is 426 g/mol. The van der Waals surface area contributed by atoms with Gasteiger partial charge in [-0.05, 0) is 48.4 Å². The molecule has 0 bridgehead atoms. The topological polar surface area (TPSA) is 79.3 Å². The molecule has 0 amide bonds. The lowest BCUT2D eigenvalue weighted by Gasteiger charge is -2.20. The molecule has 32 heavy (non-hydrogen) atoms. The minimum Gasteiger partial charge on any atom is -0.352 e. The largest absolute Gasteiger partial charge is 0.352 e. The zero-order chi connectivity index (χ0) is 21.9. The Morgan fingerprint density at radius 3 is 2.66 bits per heavy atom. The number of benzene rings is 1. The van der Waals surface area contributed by atoms with Crippen LogP contribution in [0.25, 0.3) is 16.9 Å². The third kappa shape index (κ3) is 4.21. The molecule has 0 spiro atoms. The molecular weight excluding hydrogens is 400 g/mol. The van der Waals surface area contributed by atoms with Crippen LogP contribution in [-0.4, -0.2) is 20.2 Å². The van der Waals surface area contributed by atoms with Crippen LogP contribution in [0.3, 0.4) is 0 Å². The molecule has 0 unspecified atom stereocenters. The van der Waals surface area contributed by atoms with E-state index in [0.29, 0.717) is 12.3 Å². The zero-order valence-corrected chi connectivity index (χ0v) is 17.9. The number of anilines is 2. The Morgan fingerprint density at radius 2 is 1.88 bits per heavy atom. The number of nitrogens with zero attached hydrogens (tertiary/aromatic N) is 2. The van der Waals surface area contributed by atoms with Crippen molar-refractivity contribution < 1.29 is 4.79 Å². The first-order chi connectivity index (χ1) is 15.7. The zero-order valence-electron chi connectivity index (χ0n) is 17.9. The number of H-pyrrole nitrogens is 1. The van der Waals surface area contributed by atoms with Crippen molar-refractivity contribution in [2.75, 3.05) is 5.32 Å². The molecule has 6 heteroatoms. The van der Waals surface area contributed by atoms with Crippen LogP contribution in [0, 0.1) is 5.92 Å². The molecule has 6 nitrogen and oxygen atoms in total. The number of carbonyl (C=O) groups is 1. The first kappa shape index (κ1) is 20.2. The Morgan fingerprint density at radius 1 is 1.06 bits per heavy atom. The molecule has 0 radical (unpaired) electrons. The number of pyridine rings is 2. The Balaban J connectivity index is 1.35. The Hall–Kier alpha value is -3.67. The van der Waals surface area contributed by atoms with Crippen LogP contribution in [0.5, 0.6) is 0 Å². The number of carbonyl (C=O) groups excluding carboxylic acids is 1. The SMILES string of the molecule is O=C(CC1CCCCC1)c1ccc(Nc2ccc(-c3cc[nH]c(=O)c3)n3ccnc23)cc1. The molecule has 2 N–H and O–H groups in total. The summed E-state index contributed by atoms with van der Waals surface area (Å²) in [5, 5.41) is 3.41. The second kappa shape index (κ2) is 8.83. The summed E-state index contributed by atoms with van der Waals surface area (Å²) in [6, 6.07) is 15.1. The van der Waals surface area contributed by atoms with Crippen LogP contribution >= 0.6 is 0 Å². The van der Waals surface area contributed by atoms with E-state index in [0.717, 1.165) is 33.8 Å². The van der Waals surface area contributed by atoms with Crippen molar-refractivity contribution in [1.82, 2.24) is 14.4 Å². The fourth-order valence-corrected chi connectivity index (χ4v) is 4.62. The van der Waals surface area contributed by atoms with Crippen LogP contribution in [0.15, 0.2) is 71.9 Å². The Labute approximate surface area is 186 Å². The standard InChI is InChI=1S/C26H26N4O2/c31-24(16-18-4-2-1-3-5-18)19-6-8-21(9-7-19)29-22-10-11-23(30-15-14-28-26(22)30)20-12-13-27-25(32)17-20/h6-15,17-18,29H,1-5,16H2,(H,27,32). The molecule has 0 aliphatic heterocycles. The summed E-state index contributed by atoms with van der Waals surface area (Å²) in [5.74, 6) is 0.780. The van der Waals surface area contributed by atoms with Crippen molar-refractivity contribution in [3.05, 3.63) is 83.0 Å². The fourth-order valence-electron chi connectivity index (χ4n) is 4.62. The molecule has 1 aliphatic rings. The average Bonchev–Trinajstić information content (AvgIpc) is 3.31. The molecule has 4 aromatic rings. The molecule has 1 aliphatic carbocycles. The second-order valence-corrected chi connectivity index (χ2v) is 8.53. The average molecular weight is 427 g/mol. The van der Waals surface area contributed by atoms with Crippen LogP contribution in [-0.2, 0) is 0 Å². The summed E-state index contributed by atoms with van der Waals surface area (Å²) in [6.07, 6.45) is 12.1. The van der Waals surface area contributed by atoms with Crippen LogP contribution in [0.4, 0.5) is 11.4 Å². The van der Waals surface area contributed by atoms with Crippen molar-refractivity contribution in [2.24, 2.45) is 5.92 Å². The minimum absolute atomic E-state index is 0.143. The van der Waals surface area contributed by atoms with Crippen molar-refractivity contribution in [3.8, 4) is 11.3 Å². The van der Waals surface area contributed by atoms with Gasteiger partial charge in [-0.25, -0.2) is 4.98 Å². The number of ketones is 1. The predicted octanol–water partition coefficient (Wildman–Crippen LogP) is 5.59. The van der Waals surface area contributed by atoms with Crippen molar-refractivity contribution in [1.29, 1.82) is 0 Å². The molecule has 1 fully saturated rings. The summed E-state index contributed by atoms with van der Waals surface area (Å²) < 4.78 is 1.96. The van der Waals surface area contributed by atoms with Gasteiger partial charge in [0.25, 0.3) is 0 Å². The smallest absolute Gasteiger partial charge is 0.248 e. The number of rotatable bonds is 6. The van der Waals surface area contributed by atoms with Crippen molar-refractivity contribution >= 4 is 22.8 Å². The molecule has 1 aromatic carbocycles. The number of aromatic nitrogens is 3. The van der Waals surface area contributed by atoms with E-state index in [1.54, 1.807) is 18.5 Å².